The second-order valence-corrected chi connectivity index (χ2v) is 22.4. The highest BCUT2D eigenvalue weighted by molar-refractivity contribution is 7.45. The minimum atomic E-state index is -4.60. The SMILES string of the molecule is CCCCCCCCCCC/C=C\C/C=C\CCCCCCCCCCCCCCCCCC(=O)NC(COP(=O)([O-])OCC[N+](C)(C)C)C(O)/C=C/CC/C=C/CCCCCCCCCCC. The van der Waals surface area contributed by atoms with Crippen molar-refractivity contribution in [2.75, 3.05) is 40.9 Å². The lowest BCUT2D eigenvalue weighted by atomic mass is 10.0. The number of nitrogens with one attached hydrogen (secondary N) is 1. The van der Waals surface area contributed by atoms with E-state index in [1.54, 1.807) is 6.08 Å². The molecule has 3 atom stereocenters. The summed E-state index contributed by atoms with van der Waals surface area (Å²) in [5, 5.41) is 13.8. The minimum absolute atomic E-state index is 0.00644. The molecule has 0 aromatic rings. The van der Waals surface area contributed by atoms with Crippen LogP contribution < -0.4 is 10.2 Å². The Morgan fingerprint density at radius 2 is 0.868 bits per heavy atom. The van der Waals surface area contributed by atoms with Crippen LogP contribution in [0.25, 0.3) is 0 Å². The number of hydrogen-bond acceptors (Lipinski definition) is 6. The van der Waals surface area contributed by atoms with Gasteiger partial charge in [0.1, 0.15) is 13.2 Å². The van der Waals surface area contributed by atoms with E-state index in [0.717, 1.165) is 44.9 Å². The molecule has 0 bridgehead atoms. The normalized spacial score (nSPS) is 14.3. The molecule has 3 unspecified atom stereocenters. The van der Waals surface area contributed by atoms with E-state index in [-0.39, 0.29) is 12.5 Å². The van der Waals surface area contributed by atoms with Gasteiger partial charge in [-0.15, -0.1) is 0 Å². The Morgan fingerprint density at radius 3 is 1.28 bits per heavy atom. The van der Waals surface area contributed by atoms with Gasteiger partial charge in [0.05, 0.1) is 39.9 Å². The fourth-order valence-corrected chi connectivity index (χ4v) is 9.16. The molecule has 0 rings (SSSR count). The molecule has 68 heavy (non-hydrogen) atoms. The zero-order valence-corrected chi connectivity index (χ0v) is 46.5. The maximum atomic E-state index is 12.9. The number of hydrogen-bond donors (Lipinski definition) is 2. The molecule has 2 N–H and O–H groups in total. The fourth-order valence-electron chi connectivity index (χ4n) is 8.44. The number of phosphoric ester groups is 1. The van der Waals surface area contributed by atoms with E-state index >= 15 is 0 Å². The first-order valence-electron chi connectivity index (χ1n) is 29.0. The van der Waals surface area contributed by atoms with E-state index in [1.165, 1.54) is 205 Å². The Balaban J connectivity index is 4.11. The van der Waals surface area contributed by atoms with Gasteiger partial charge in [0.15, 0.2) is 0 Å². The summed E-state index contributed by atoms with van der Waals surface area (Å²) in [6.07, 6.45) is 66.3. The lowest BCUT2D eigenvalue weighted by molar-refractivity contribution is -0.870. The Hall–Kier alpha value is -1.54. The van der Waals surface area contributed by atoms with E-state index in [1.807, 2.05) is 27.2 Å². The summed E-state index contributed by atoms with van der Waals surface area (Å²) in [5.41, 5.74) is 0. The van der Waals surface area contributed by atoms with E-state index in [0.29, 0.717) is 17.4 Å². The van der Waals surface area contributed by atoms with Crippen LogP contribution in [-0.4, -0.2) is 68.5 Å². The number of nitrogens with zero attached hydrogens (tertiary/aromatic N) is 1. The quantitative estimate of drug-likeness (QED) is 0.0272. The number of amides is 1. The van der Waals surface area contributed by atoms with E-state index in [2.05, 4.69) is 55.6 Å². The first-order valence-corrected chi connectivity index (χ1v) is 30.5. The smallest absolute Gasteiger partial charge is 0.268 e. The second kappa shape index (κ2) is 50.4. The monoisotopic (exact) mass is 977 g/mol. The van der Waals surface area contributed by atoms with E-state index < -0.39 is 26.6 Å². The number of carbonyl (C=O) groups excluding carboxylic acids is 1. The van der Waals surface area contributed by atoms with Crippen molar-refractivity contribution in [3.8, 4) is 0 Å². The maximum Gasteiger partial charge on any atom is 0.268 e. The second-order valence-electron chi connectivity index (χ2n) is 21.0. The van der Waals surface area contributed by atoms with Crippen molar-refractivity contribution in [1.82, 2.24) is 5.32 Å². The molecule has 0 aliphatic heterocycles. The van der Waals surface area contributed by atoms with Gasteiger partial charge in [-0.05, 0) is 64.2 Å². The van der Waals surface area contributed by atoms with Gasteiger partial charge < -0.3 is 28.8 Å². The lowest BCUT2D eigenvalue weighted by Crippen LogP contribution is -2.45. The van der Waals surface area contributed by atoms with Crippen molar-refractivity contribution >= 4 is 13.7 Å². The predicted octanol–water partition coefficient (Wildman–Crippen LogP) is 16.9. The number of aliphatic hydroxyl groups excluding tert-OH is 1. The molecule has 0 fully saturated rings. The van der Waals surface area contributed by atoms with Crippen LogP contribution in [0.5, 0.6) is 0 Å². The molecule has 0 heterocycles. The van der Waals surface area contributed by atoms with Crippen LogP contribution in [0, 0.1) is 0 Å². The highest BCUT2D eigenvalue weighted by atomic mass is 31.2. The molecule has 0 spiro atoms. The molecular formula is C59H113N2O6P. The average molecular weight is 978 g/mol. The molecule has 400 valence electrons. The number of likely N-dealkylation sites (N-methyl/N-ethyl adjacent to an activating group) is 1. The molecular weight excluding hydrogens is 864 g/mol. The van der Waals surface area contributed by atoms with Gasteiger partial charge in [0.2, 0.25) is 5.91 Å². The largest absolute Gasteiger partial charge is 0.756 e. The van der Waals surface area contributed by atoms with Crippen molar-refractivity contribution in [1.29, 1.82) is 0 Å². The Kier molecular flexibility index (Phi) is 49.3. The topological polar surface area (TPSA) is 108 Å². The molecule has 0 aliphatic rings. The van der Waals surface area contributed by atoms with E-state index in [9.17, 15) is 19.4 Å². The predicted molar refractivity (Wildman–Crippen MR) is 293 cm³/mol. The van der Waals surface area contributed by atoms with Crippen molar-refractivity contribution in [3.05, 3.63) is 48.6 Å². The van der Waals surface area contributed by atoms with Gasteiger partial charge in [0.25, 0.3) is 7.82 Å². The summed E-state index contributed by atoms with van der Waals surface area (Å²) in [7, 11) is 1.25. The third-order valence-electron chi connectivity index (χ3n) is 13.0. The first-order chi connectivity index (χ1) is 33.0. The molecule has 0 aromatic carbocycles. The van der Waals surface area contributed by atoms with Crippen LogP contribution >= 0.6 is 7.82 Å². The van der Waals surface area contributed by atoms with Crippen LogP contribution in [0.15, 0.2) is 48.6 Å². The van der Waals surface area contributed by atoms with Crippen LogP contribution in [0.2, 0.25) is 0 Å². The fraction of sp³-hybridized carbons (Fsp3) is 0.847. The van der Waals surface area contributed by atoms with Crippen molar-refractivity contribution in [2.24, 2.45) is 0 Å². The Morgan fingerprint density at radius 1 is 0.515 bits per heavy atom. The number of carbonyl (C=O) groups is 1. The van der Waals surface area contributed by atoms with E-state index in [4.69, 9.17) is 9.05 Å². The van der Waals surface area contributed by atoms with Gasteiger partial charge >= 0.3 is 0 Å². The summed E-state index contributed by atoms with van der Waals surface area (Å²) < 4.78 is 23.3. The Labute approximate surface area is 422 Å². The molecule has 0 aliphatic carbocycles. The third-order valence-corrected chi connectivity index (χ3v) is 14.0. The van der Waals surface area contributed by atoms with Crippen molar-refractivity contribution < 1.29 is 32.9 Å². The minimum Gasteiger partial charge on any atom is -0.756 e. The number of aliphatic hydroxyl groups is 1. The molecule has 0 aromatic heterocycles. The summed E-state index contributed by atoms with van der Waals surface area (Å²) in [6, 6.07) is -0.903. The third kappa shape index (κ3) is 52.3. The summed E-state index contributed by atoms with van der Waals surface area (Å²) in [4.78, 5) is 25.5. The van der Waals surface area contributed by atoms with Crippen molar-refractivity contribution in [3.63, 3.8) is 0 Å². The van der Waals surface area contributed by atoms with Crippen LogP contribution in [0.4, 0.5) is 0 Å². The number of phosphoric acid groups is 1. The first kappa shape index (κ1) is 66.5. The summed E-state index contributed by atoms with van der Waals surface area (Å²) in [5.74, 6) is -0.206. The number of quaternary nitrogens is 1. The highest BCUT2D eigenvalue weighted by Crippen LogP contribution is 2.38. The molecule has 0 saturated carbocycles. The van der Waals surface area contributed by atoms with Gasteiger partial charge in [-0.2, -0.15) is 0 Å². The lowest BCUT2D eigenvalue weighted by Gasteiger charge is -2.29. The maximum absolute atomic E-state index is 12.9. The van der Waals surface area contributed by atoms with Crippen molar-refractivity contribution in [2.45, 2.75) is 283 Å². The number of unbranched alkanes of at least 4 members (excludes halogenated alkanes) is 34. The van der Waals surface area contributed by atoms with Gasteiger partial charge in [-0.1, -0.05) is 249 Å². The summed E-state index contributed by atoms with van der Waals surface area (Å²) in [6.45, 7) is 4.64. The molecule has 0 saturated heterocycles. The zero-order chi connectivity index (χ0) is 49.9. The van der Waals surface area contributed by atoms with Gasteiger partial charge in [0, 0.05) is 6.42 Å². The molecule has 0 radical (unpaired) electrons. The summed E-state index contributed by atoms with van der Waals surface area (Å²) >= 11 is 0. The zero-order valence-electron chi connectivity index (χ0n) is 45.6. The standard InChI is InChI=1S/C59H113N2O6P/c1-6-8-10-12-14-16-18-20-22-23-24-25-26-27-28-29-30-31-32-33-34-35-36-37-39-41-43-45-47-49-51-53-59(63)60-57(56-67-68(64,65)66-55-54-61(3,4)5)58(62)52-50-48-46-44-42-40-38-21-19-17-15-13-11-9-7-2/h24-25,27-28,42,44,50,52,57-58,62H,6-23,26,29-41,43,45-49,51,53-56H2,1-5H3,(H-,60,63,64,65)/b25-24-,28-27-,44-42+,52-50+. The highest BCUT2D eigenvalue weighted by Gasteiger charge is 2.23. The van der Waals surface area contributed by atoms with Gasteiger partial charge in [-0.3, -0.25) is 9.36 Å². The molecule has 1 amide bonds. The average Bonchev–Trinajstić information content (AvgIpc) is 3.30. The molecule has 8 nitrogen and oxygen atoms in total. The number of rotatable bonds is 53. The van der Waals surface area contributed by atoms with Crippen LogP contribution in [0.1, 0.15) is 271 Å². The van der Waals surface area contributed by atoms with Crippen LogP contribution in [-0.2, 0) is 18.4 Å². The van der Waals surface area contributed by atoms with Gasteiger partial charge in [-0.25, -0.2) is 0 Å². The van der Waals surface area contributed by atoms with Crippen LogP contribution in [0.3, 0.4) is 0 Å². The number of allylic oxidation sites excluding steroid dienone is 7. The molecule has 9 heteroatoms. The Bertz CT molecular complexity index is 1250.